The zero-order chi connectivity index (χ0) is 13.1. The average molecular weight is 244 g/mol. The lowest BCUT2D eigenvalue weighted by Crippen LogP contribution is -1.96. The van der Waals surface area contributed by atoms with Crippen molar-refractivity contribution in [2.45, 2.75) is 26.7 Å². The number of carbonyl (C=O) groups is 1. The molecule has 94 valence electrons. The van der Waals surface area contributed by atoms with Crippen molar-refractivity contribution in [3.8, 4) is 11.4 Å². The number of carboxylic acid groups (broad SMARTS) is 1. The summed E-state index contributed by atoms with van der Waals surface area (Å²) in [4.78, 5) is 18.7. The predicted octanol–water partition coefficient (Wildman–Crippen LogP) is 3.04. The second-order valence-corrected chi connectivity index (χ2v) is 4.29. The lowest BCUT2D eigenvalue weighted by Gasteiger charge is -1.98. The summed E-state index contributed by atoms with van der Waals surface area (Å²) in [6, 6.07) is 6.81. The molecule has 2 aromatic rings. The van der Waals surface area contributed by atoms with Crippen molar-refractivity contribution in [2.24, 2.45) is 0 Å². The third-order valence-corrected chi connectivity index (χ3v) is 2.86. The van der Waals surface area contributed by atoms with Crippen LogP contribution in [0.3, 0.4) is 0 Å². The van der Waals surface area contributed by atoms with Gasteiger partial charge in [-0.15, -0.1) is 0 Å². The maximum atomic E-state index is 10.9. The first kappa shape index (κ1) is 12.4. The van der Waals surface area contributed by atoms with Crippen molar-refractivity contribution in [3.05, 3.63) is 41.2 Å². The van der Waals surface area contributed by atoms with Crippen LogP contribution in [0, 0.1) is 6.92 Å². The number of aromatic amines is 1. The van der Waals surface area contributed by atoms with E-state index in [2.05, 4.69) is 16.9 Å². The maximum absolute atomic E-state index is 10.9. The highest BCUT2D eigenvalue weighted by Gasteiger charge is 2.10. The number of carboxylic acids is 1. The Kier molecular flexibility index (Phi) is 3.46. The molecule has 0 aliphatic carbocycles. The smallest absolute Gasteiger partial charge is 0.335 e. The number of nitrogens with zero attached hydrogens (tertiary/aromatic N) is 1. The number of aromatic nitrogens is 2. The molecule has 0 amide bonds. The molecule has 1 aromatic heterocycles. The summed E-state index contributed by atoms with van der Waals surface area (Å²) in [5, 5.41) is 8.97. The lowest BCUT2D eigenvalue weighted by molar-refractivity contribution is 0.0697. The van der Waals surface area contributed by atoms with Gasteiger partial charge < -0.3 is 10.1 Å². The second kappa shape index (κ2) is 5.04. The summed E-state index contributed by atoms with van der Waals surface area (Å²) < 4.78 is 0. The Morgan fingerprint density at radius 1 is 1.44 bits per heavy atom. The summed E-state index contributed by atoms with van der Waals surface area (Å²) >= 11 is 0. The number of rotatable bonds is 4. The van der Waals surface area contributed by atoms with Crippen LogP contribution in [0.4, 0.5) is 0 Å². The molecule has 0 fully saturated rings. The number of H-pyrrole nitrogens is 1. The topological polar surface area (TPSA) is 66.0 Å². The molecular weight excluding hydrogens is 228 g/mol. The number of imidazole rings is 1. The third kappa shape index (κ3) is 2.42. The highest BCUT2D eigenvalue weighted by atomic mass is 16.4. The van der Waals surface area contributed by atoms with Gasteiger partial charge in [-0.25, -0.2) is 9.78 Å². The van der Waals surface area contributed by atoms with Crippen LogP contribution in [0.15, 0.2) is 24.3 Å². The Morgan fingerprint density at radius 2 is 2.22 bits per heavy atom. The van der Waals surface area contributed by atoms with Crippen LogP contribution in [0.5, 0.6) is 0 Å². The number of aromatic carboxylic acids is 1. The molecule has 1 heterocycles. The lowest BCUT2D eigenvalue weighted by atomic mass is 10.1. The first-order valence-electron chi connectivity index (χ1n) is 6.01. The van der Waals surface area contributed by atoms with Crippen LogP contribution in [0.1, 0.15) is 35.1 Å². The Bertz CT molecular complexity index is 573. The van der Waals surface area contributed by atoms with Gasteiger partial charge in [-0.05, 0) is 25.5 Å². The second-order valence-electron chi connectivity index (χ2n) is 4.29. The van der Waals surface area contributed by atoms with E-state index in [9.17, 15) is 4.79 Å². The fourth-order valence-corrected chi connectivity index (χ4v) is 1.91. The summed E-state index contributed by atoms with van der Waals surface area (Å²) in [6.45, 7) is 4.10. The highest BCUT2D eigenvalue weighted by molar-refractivity contribution is 5.89. The van der Waals surface area contributed by atoms with Crippen molar-refractivity contribution in [1.29, 1.82) is 0 Å². The van der Waals surface area contributed by atoms with Crippen molar-refractivity contribution in [2.75, 3.05) is 0 Å². The molecule has 0 saturated heterocycles. The van der Waals surface area contributed by atoms with Crippen LogP contribution in [0.25, 0.3) is 11.4 Å². The molecule has 0 aliphatic heterocycles. The summed E-state index contributed by atoms with van der Waals surface area (Å²) in [7, 11) is 0. The molecule has 0 saturated carbocycles. The molecule has 0 unspecified atom stereocenters. The van der Waals surface area contributed by atoms with E-state index in [4.69, 9.17) is 5.11 Å². The number of hydrogen-bond acceptors (Lipinski definition) is 2. The Balaban J connectivity index is 2.39. The van der Waals surface area contributed by atoms with Gasteiger partial charge in [-0.2, -0.15) is 0 Å². The maximum Gasteiger partial charge on any atom is 0.335 e. The van der Waals surface area contributed by atoms with Gasteiger partial charge in [0.2, 0.25) is 0 Å². The molecular formula is C14H16N2O2. The molecule has 18 heavy (non-hydrogen) atoms. The summed E-state index contributed by atoms with van der Waals surface area (Å²) in [6.07, 6.45) is 1.97. The SMILES string of the molecule is CCCc1nc(-c2cccc(C(=O)O)c2)[nH]c1C. The van der Waals surface area contributed by atoms with Crippen molar-refractivity contribution >= 4 is 5.97 Å². The van der Waals surface area contributed by atoms with Crippen LogP contribution in [-0.2, 0) is 6.42 Å². The average Bonchev–Trinajstić information content (AvgIpc) is 2.72. The van der Waals surface area contributed by atoms with Gasteiger partial charge in [0.15, 0.2) is 0 Å². The van der Waals surface area contributed by atoms with E-state index in [0.29, 0.717) is 0 Å². The molecule has 2 rings (SSSR count). The van der Waals surface area contributed by atoms with E-state index in [1.807, 2.05) is 13.0 Å². The first-order valence-corrected chi connectivity index (χ1v) is 6.01. The molecule has 0 aliphatic rings. The molecule has 0 atom stereocenters. The zero-order valence-corrected chi connectivity index (χ0v) is 10.5. The van der Waals surface area contributed by atoms with E-state index in [1.165, 1.54) is 0 Å². The summed E-state index contributed by atoms with van der Waals surface area (Å²) in [5.74, 6) is -0.187. The Labute approximate surface area is 106 Å². The van der Waals surface area contributed by atoms with Crippen molar-refractivity contribution in [1.82, 2.24) is 9.97 Å². The normalized spacial score (nSPS) is 10.6. The van der Waals surface area contributed by atoms with E-state index in [-0.39, 0.29) is 5.56 Å². The molecule has 1 aromatic carbocycles. The van der Waals surface area contributed by atoms with Gasteiger partial charge in [0, 0.05) is 11.3 Å². The number of nitrogens with one attached hydrogen (secondary N) is 1. The van der Waals surface area contributed by atoms with Crippen LogP contribution < -0.4 is 0 Å². The molecule has 0 radical (unpaired) electrons. The van der Waals surface area contributed by atoms with Crippen LogP contribution in [-0.4, -0.2) is 21.0 Å². The van der Waals surface area contributed by atoms with Gasteiger partial charge in [-0.1, -0.05) is 25.5 Å². The van der Waals surface area contributed by atoms with Gasteiger partial charge >= 0.3 is 5.97 Å². The largest absolute Gasteiger partial charge is 0.478 e. The first-order chi connectivity index (χ1) is 8.61. The fourth-order valence-electron chi connectivity index (χ4n) is 1.91. The Morgan fingerprint density at radius 3 is 2.89 bits per heavy atom. The molecule has 0 bridgehead atoms. The van der Waals surface area contributed by atoms with Gasteiger partial charge in [0.1, 0.15) is 5.82 Å². The Hall–Kier alpha value is -2.10. The summed E-state index contributed by atoms with van der Waals surface area (Å²) in [5.41, 5.74) is 3.18. The number of hydrogen-bond donors (Lipinski definition) is 2. The zero-order valence-electron chi connectivity index (χ0n) is 10.5. The monoisotopic (exact) mass is 244 g/mol. The predicted molar refractivity (Wildman–Crippen MR) is 69.7 cm³/mol. The standard InChI is InChI=1S/C14H16N2O2/c1-3-5-12-9(2)15-13(16-12)10-6-4-7-11(8-10)14(17)18/h4,6-8H,3,5H2,1-2H3,(H,15,16)(H,17,18). The minimum absolute atomic E-state index is 0.276. The highest BCUT2D eigenvalue weighted by Crippen LogP contribution is 2.20. The van der Waals surface area contributed by atoms with E-state index in [1.54, 1.807) is 18.2 Å². The van der Waals surface area contributed by atoms with E-state index < -0.39 is 5.97 Å². The minimum atomic E-state index is -0.922. The van der Waals surface area contributed by atoms with Crippen LogP contribution in [0.2, 0.25) is 0 Å². The minimum Gasteiger partial charge on any atom is -0.478 e. The van der Waals surface area contributed by atoms with Gasteiger partial charge in [0.25, 0.3) is 0 Å². The van der Waals surface area contributed by atoms with Crippen LogP contribution >= 0.6 is 0 Å². The third-order valence-electron chi connectivity index (χ3n) is 2.86. The quantitative estimate of drug-likeness (QED) is 0.868. The molecule has 4 heteroatoms. The van der Waals surface area contributed by atoms with Crippen molar-refractivity contribution in [3.63, 3.8) is 0 Å². The van der Waals surface area contributed by atoms with E-state index >= 15 is 0 Å². The molecule has 4 nitrogen and oxygen atoms in total. The van der Waals surface area contributed by atoms with E-state index in [0.717, 1.165) is 35.6 Å². The molecule has 0 spiro atoms. The molecule has 2 N–H and O–H groups in total. The van der Waals surface area contributed by atoms with Gasteiger partial charge in [-0.3, -0.25) is 0 Å². The number of benzene rings is 1. The fraction of sp³-hybridized carbons (Fsp3) is 0.286. The number of aryl methyl sites for hydroxylation is 2. The van der Waals surface area contributed by atoms with Gasteiger partial charge in [0.05, 0.1) is 11.3 Å². The van der Waals surface area contributed by atoms with Crippen molar-refractivity contribution < 1.29 is 9.90 Å².